The molecule has 0 saturated heterocycles. The van der Waals surface area contributed by atoms with E-state index in [9.17, 15) is 9.59 Å². The van der Waals surface area contributed by atoms with E-state index in [0.717, 1.165) is 16.8 Å². The van der Waals surface area contributed by atoms with Crippen molar-refractivity contribution in [1.82, 2.24) is 0 Å². The van der Waals surface area contributed by atoms with Gasteiger partial charge >= 0.3 is 5.97 Å². The highest BCUT2D eigenvalue weighted by molar-refractivity contribution is 7.08. The Labute approximate surface area is 127 Å². The molecule has 0 spiro atoms. The van der Waals surface area contributed by atoms with Crippen molar-refractivity contribution in [2.45, 2.75) is 26.9 Å². The van der Waals surface area contributed by atoms with Crippen LogP contribution in [0.1, 0.15) is 28.4 Å². The fourth-order valence-electron chi connectivity index (χ4n) is 1.77. The number of amides is 1. The highest BCUT2D eigenvalue weighted by Crippen LogP contribution is 2.17. The van der Waals surface area contributed by atoms with Crippen molar-refractivity contribution in [2.75, 3.05) is 5.32 Å². The third-order valence-electron chi connectivity index (χ3n) is 3.06. The first-order valence-corrected chi connectivity index (χ1v) is 7.53. The number of benzene rings is 1. The van der Waals surface area contributed by atoms with E-state index >= 15 is 0 Å². The SMILES string of the molecule is Cc1ccc(C)c(NC(=O)[C@@H](C)OC(=O)c2ccsc2)c1. The monoisotopic (exact) mass is 303 g/mol. The van der Waals surface area contributed by atoms with E-state index in [0.29, 0.717) is 5.56 Å². The summed E-state index contributed by atoms with van der Waals surface area (Å²) in [7, 11) is 0. The summed E-state index contributed by atoms with van der Waals surface area (Å²) >= 11 is 1.41. The Morgan fingerprint density at radius 1 is 1.24 bits per heavy atom. The van der Waals surface area contributed by atoms with Gasteiger partial charge in [0.1, 0.15) is 0 Å². The average molecular weight is 303 g/mol. The molecule has 21 heavy (non-hydrogen) atoms. The number of carbonyl (C=O) groups is 2. The van der Waals surface area contributed by atoms with Gasteiger partial charge in [-0.05, 0) is 49.4 Å². The lowest BCUT2D eigenvalue weighted by molar-refractivity contribution is -0.123. The Balaban J connectivity index is 1.99. The molecule has 2 aromatic rings. The molecule has 1 aromatic carbocycles. The van der Waals surface area contributed by atoms with Crippen LogP contribution in [0.25, 0.3) is 0 Å². The third kappa shape index (κ3) is 3.92. The maximum atomic E-state index is 12.1. The van der Waals surface area contributed by atoms with Crippen LogP contribution in [0.2, 0.25) is 0 Å². The molecule has 0 unspecified atom stereocenters. The molecule has 1 N–H and O–H groups in total. The first kappa shape index (κ1) is 15.3. The zero-order valence-electron chi connectivity index (χ0n) is 12.2. The molecule has 1 amide bonds. The summed E-state index contributed by atoms with van der Waals surface area (Å²) in [4.78, 5) is 23.9. The molecule has 0 radical (unpaired) electrons. The third-order valence-corrected chi connectivity index (χ3v) is 3.74. The molecule has 0 aliphatic heterocycles. The van der Waals surface area contributed by atoms with Crippen LogP contribution in [0.3, 0.4) is 0 Å². The number of ether oxygens (including phenoxy) is 1. The minimum absolute atomic E-state index is 0.340. The quantitative estimate of drug-likeness (QED) is 0.879. The van der Waals surface area contributed by atoms with E-state index in [4.69, 9.17) is 4.74 Å². The summed E-state index contributed by atoms with van der Waals surface area (Å²) in [5.74, 6) is -0.827. The lowest BCUT2D eigenvalue weighted by atomic mass is 10.1. The van der Waals surface area contributed by atoms with E-state index < -0.39 is 12.1 Å². The predicted molar refractivity (Wildman–Crippen MR) is 83.7 cm³/mol. The Bertz CT molecular complexity index is 650. The van der Waals surface area contributed by atoms with Gasteiger partial charge in [-0.1, -0.05) is 12.1 Å². The van der Waals surface area contributed by atoms with Crippen molar-refractivity contribution in [3.63, 3.8) is 0 Å². The topological polar surface area (TPSA) is 55.4 Å². The Morgan fingerprint density at radius 2 is 2.00 bits per heavy atom. The molecule has 110 valence electrons. The first-order valence-electron chi connectivity index (χ1n) is 6.58. The summed E-state index contributed by atoms with van der Waals surface area (Å²) < 4.78 is 5.15. The van der Waals surface area contributed by atoms with Gasteiger partial charge in [-0.25, -0.2) is 4.79 Å². The number of thiophene rings is 1. The van der Waals surface area contributed by atoms with Gasteiger partial charge in [0.2, 0.25) is 0 Å². The summed E-state index contributed by atoms with van der Waals surface area (Å²) in [5.41, 5.74) is 3.22. The average Bonchev–Trinajstić information content (AvgIpc) is 2.97. The van der Waals surface area contributed by atoms with Crippen LogP contribution in [-0.2, 0) is 9.53 Å². The molecule has 0 aliphatic carbocycles. The molecule has 1 heterocycles. The number of esters is 1. The van der Waals surface area contributed by atoms with Gasteiger partial charge in [-0.15, -0.1) is 0 Å². The van der Waals surface area contributed by atoms with Crippen molar-refractivity contribution >= 4 is 28.9 Å². The van der Waals surface area contributed by atoms with Crippen molar-refractivity contribution < 1.29 is 14.3 Å². The van der Waals surface area contributed by atoms with Crippen molar-refractivity contribution in [3.8, 4) is 0 Å². The molecule has 4 nitrogen and oxygen atoms in total. The van der Waals surface area contributed by atoms with E-state index in [1.54, 1.807) is 23.8 Å². The second-order valence-electron chi connectivity index (χ2n) is 4.87. The normalized spacial score (nSPS) is 11.8. The van der Waals surface area contributed by atoms with Crippen LogP contribution in [0.15, 0.2) is 35.0 Å². The van der Waals surface area contributed by atoms with Gasteiger partial charge in [-0.2, -0.15) is 11.3 Å². The van der Waals surface area contributed by atoms with Crippen molar-refractivity contribution in [2.24, 2.45) is 0 Å². The predicted octanol–water partition coefficient (Wildman–Crippen LogP) is 3.55. The maximum absolute atomic E-state index is 12.1. The number of anilines is 1. The van der Waals surface area contributed by atoms with Crippen LogP contribution < -0.4 is 5.32 Å². The molecular weight excluding hydrogens is 286 g/mol. The fraction of sp³-hybridized carbons (Fsp3) is 0.250. The van der Waals surface area contributed by atoms with Gasteiger partial charge in [0.25, 0.3) is 5.91 Å². The van der Waals surface area contributed by atoms with Crippen molar-refractivity contribution in [1.29, 1.82) is 0 Å². The second kappa shape index (κ2) is 6.54. The molecule has 0 saturated carbocycles. The van der Waals surface area contributed by atoms with Gasteiger partial charge in [-0.3, -0.25) is 4.79 Å². The van der Waals surface area contributed by atoms with E-state index in [2.05, 4.69) is 5.32 Å². The molecule has 1 atom stereocenters. The van der Waals surface area contributed by atoms with Crippen LogP contribution in [0, 0.1) is 13.8 Å². The molecule has 2 rings (SSSR count). The Hall–Kier alpha value is -2.14. The van der Waals surface area contributed by atoms with Crippen LogP contribution in [0.5, 0.6) is 0 Å². The smallest absolute Gasteiger partial charge is 0.339 e. The number of aryl methyl sites for hydroxylation is 2. The first-order chi connectivity index (χ1) is 9.97. The Morgan fingerprint density at radius 3 is 2.67 bits per heavy atom. The van der Waals surface area contributed by atoms with Gasteiger partial charge in [0, 0.05) is 11.1 Å². The van der Waals surface area contributed by atoms with Crippen LogP contribution in [-0.4, -0.2) is 18.0 Å². The van der Waals surface area contributed by atoms with Crippen LogP contribution in [0.4, 0.5) is 5.69 Å². The number of rotatable bonds is 4. The molecule has 5 heteroatoms. The summed E-state index contributed by atoms with van der Waals surface area (Å²) in [6.45, 7) is 5.43. The number of nitrogens with one attached hydrogen (secondary N) is 1. The second-order valence-corrected chi connectivity index (χ2v) is 5.65. The standard InChI is InChI=1S/C16H17NO3S/c1-10-4-5-11(2)14(8-10)17-15(18)12(3)20-16(19)13-6-7-21-9-13/h4-9,12H,1-3H3,(H,17,18)/t12-/m1/s1. The summed E-state index contributed by atoms with van der Waals surface area (Å²) in [6.07, 6.45) is -0.850. The molecule has 0 aliphatic rings. The highest BCUT2D eigenvalue weighted by atomic mass is 32.1. The highest BCUT2D eigenvalue weighted by Gasteiger charge is 2.19. The lowest BCUT2D eigenvalue weighted by Gasteiger charge is -2.14. The minimum Gasteiger partial charge on any atom is -0.449 e. The lowest BCUT2D eigenvalue weighted by Crippen LogP contribution is -2.30. The Kier molecular flexibility index (Phi) is 4.75. The van der Waals surface area contributed by atoms with E-state index in [1.807, 2.05) is 32.0 Å². The molecule has 1 aromatic heterocycles. The minimum atomic E-state index is -0.850. The van der Waals surface area contributed by atoms with Gasteiger partial charge in [0.15, 0.2) is 6.10 Å². The van der Waals surface area contributed by atoms with E-state index in [1.165, 1.54) is 11.3 Å². The largest absolute Gasteiger partial charge is 0.449 e. The van der Waals surface area contributed by atoms with E-state index in [-0.39, 0.29) is 5.91 Å². The molecule has 0 fully saturated rings. The maximum Gasteiger partial charge on any atom is 0.339 e. The van der Waals surface area contributed by atoms with Crippen molar-refractivity contribution in [3.05, 3.63) is 51.7 Å². The summed E-state index contributed by atoms with van der Waals surface area (Å²) in [5, 5.41) is 6.27. The number of carbonyl (C=O) groups excluding carboxylic acids is 2. The van der Waals surface area contributed by atoms with Gasteiger partial charge < -0.3 is 10.1 Å². The summed E-state index contributed by atoms with van der Waals surface area (Å²) in [6, 6.07) is 7.47. The number of hydrogen-bond donors (Lipinski definition) is 1. The fourth-order valence-corrected chi connectivity index (χ4v) is 2.39. The van der Waals surface area contributed by atoms with Gasteiger partial charge in [0.05, 0.1) is 5.56 Å². The number of hydrogen-bond acceptors (Lipinski definition) is 4. The molecule has 0 bridgehead atoms. The van der Waals surface area contributed by atoms with Crippen LogP contribution >= 0.6 is 11.3 Å². The molecular formula is C16H17NO3S. The zero-order valence-corrected chi connectivity index (χ0v) is 13.0. The zero-order chi connectivity index (χ0) is 15.4.